The van der Waals surface area contributed by atoms with Gasteiger partial charge in [0.15, 0.2) is 5.96 Å². The lowest BCUT2D eigenvalue weighted by Gasteiger charge is -2.11. The Labute approximate surface area is 144 Å². The van der Waals surface area contributed by atoms with Crippen LogP contribution in [0.3, 0.4) is 0 Å². The Morgan fingerprint density at radius 3 is 2.62 bits per heavy atom. The fourth-order valence-corrected chi connectivity index (χ4v) is 1.97. The highest BCUT2D eigenvalue weighted by Gasteiger charge is 2.13. The monoisotopic (exact) mass is 406 g/mol. The molecule has 0 saturated heterocycles. The normalized spacial score (nSPS) is 11.5. The summed E-state index contributed by atoms with van der Waals surface area (Å²) in [6.07, 6.45) is 6.91. The van der Waals surface area contributed by atoms with Gasteiger partial charge in [-0.3, -0.25) is 4.99 Å². The third kappa shape index (κ3) is 6.50. The first-order valence-corrected chi connectivity index (χ1v) is 7.28. The van der Waals surface area contributed by atoms with Crippen LogP contribution in [0.15, 0.2) is 21.7 Å². The molecule has 1 aromatic rings. The van der Waals surface area contributed by atoms with Gasteiger partial charge in [0.25, 0.3) is 0 Å². The molecule has 0 spiro atoms. The molecular formula is C15H27IN4O. The molecule has 0 aliphatic carbocycles. The van der Waals surface area contributed by atoms with Crippen molar-refractivity contribution < 1.29 is 4.52 Å². The quantitative estimate of drug-likeness (QED) is 0.240. The second-order valence-electron chi connectivity index (χ2n) is 4.45. The maximum absolute atomic E-state index is 5.36. The Hall–Kier alpha value is -1.05. The largest absolute Gasteiger partial charge is 0.361 e. The third-order valence-electron chi connectivity index (χ3n) is 3.10. The van der Waals surface area contributed by atoms with Crippen molar-refractivity contribution in [2.45, 2.75) is 46.6 Å². The van der Waals surface area contributed by atoms with Crippen molar-refractivity contribution >= 4 is 29.9 Å². The molecule has 6 heteroatoms. The van der Waals surface area contributed by atoms with Gasteiger partial charge in [0.05, 0.1) is 5.69 Å². The summed E-state index contributed by atoms with van der Waals surface area (Å²) < 4.78 is 5.36. The Morgan fingerprint density at radius 1 is 1.29 bits per heavy atom. The molecule has 0 atom stereocenters. The second-order valence-corrected chi connectivity index (χ2v) is 4.45. The number of rotatable bonds is 7. The van der Waals surface area contributed by atoms with Gasteiger partial charge >= 0.3 is 0 Å². The fraction of sp³-hybridized carbons (Fsp3) is 0.600. The number of guanidine groups is 1. The first-order chi connectivity index (χ1) is 9.76. The van der Waals surface area contributed by atoms with Crippen LogP contribution in [0.25, 0.3) is 0 Å². The van der Waals surface area contributed by atoms with Crippen LogP contribution < -0.4 is 10.6 Å². The fourth-order valence-electron chi connectivity index (χ4n) is 1.97. The average Bonchev–Trinajstić information content (AvgIpc) is 2.88. The van der Waals surface area contributed by atoms with Crippen LogP contribution in [0, 0.1) is 0 Å². The zero-order valence-electron chi connectivity index (χ0n) is 13.4. The van der Waals surface area contributed by atoms with Gasteiger partial charge in [0, 0.05) is 32.1 Å². The maximum atomic E-state index is 5.36. The van der Waals surface area contributed by atoms with Crippen LogP contribution >= 0.6 is 24.0 Å². The minimum absolute atomic E-state index is 0. The highest BCUT2D eigenvalue weighted by molar-refractivity contribution is 14.0. The van der Waals surface area contributed by atoms with Gasteiger partial charge < -0.3 is 15.2 Å². The van der Waals surface area contributed by atoms with E-state index in [1.54, 1.807) is 7.05 Å². The summed E-state index contributed by atoms with van der Waals surface area (Å²) in [4.78, 5) is 4.22. The molecule has 2 N–H and O–H groups in total. The first-order valence-electron chi connectivity index (χ1n) is 7.28. The molecule has 0 fully saturated rings. The minimum atomic E-state index is 0. The zero-order chi connectivity index (χ0) is 14.8. The van der Waals surface area contributed by atoms with Gasteiger partial charge in [-0.1, -0.05) is 31.2 Å². The number of aliphatic imine (C=N–C) groups is 1. The highest BCUT2D eigenvalue weighted by atomic mass is 127. The smallest absolute Gasteiger partial charge is 0.191 e. The second kappa shape index (κ2) is 11.6. The number of nitrogens with zero attached hydrogens (tertiary/aromatic N) is 2. The van der Waals surface area contributed by atoms with Gasteiger partial charge in [-0.2, -0.15) is 0 Å². The van der Waals surface area contributed by atoms with E-state index >= 15 is 0 Å². The molecule has 0 bridgehead atoms. The molecular weight excluding hydrogens is 379 g/mol. The number of hydrogen-bond acceptors (Lipinski definition) is 3. The Balaban J connectivity index is 0.00000400. The van der Waals surface area contributed by atoms with E-state index < -0.39 is 0 Å². The van der Waals surface area contributed by atoms with Crippen LogP contribution in [-0.2, 0) is 19.4 Å². The summed E-state index contributed by atoms with van der Waals surface area (Å²) in [5.74, 6) is 1.76. The molecule has 0 aliphatic rings. The Morgan fingerprint density at radius 2 is 2.05 bits per heavy atom. The summed E-state index contributed by atoms with van der Waals surface area (Å²) in [5, 5.41) is 10.7. The molecule has 0 radical (unpaired) electrons. The lowest BCUT2D eigenvalue weighted by Crippen LogP contribution is -2.37. The summed E-state index contributed by atoms with van der Waals surface area (Å²) in [5.41, 5.74) is 2.19. The van der Waals surface area contributed by atoms with Crippen molar-refractivity contribution in [3.63, 3.8) is 0 Å². The van der Waals surface area contributed by atoms with E-state index in [0.29, 0.717) is 6.54 Å². The number of aromatic nitrogens is 1. The lowest BCUT2D eigenvalue weighted by molar-refractivity contribution is 0.380. The SMILES string of the molecule is C/C=C/CCNC(=NC)NCc1c(CC)noc1CC.I. The topological polar surface area (TPSA) is 62.5 Å². The number of allylic oxidation sites excluding steroid dienone is 1. The van der Waals surface area contributed by atoms with Crippen LogP contribution in [-0.4, -0.2) is 24.7 Å². The van der Waals surface area contributed by atoms with Crippen molar-refractivity contribution in [1.29, 1.82) is 0 Å². The van der Waals surface area contributed by atoms with Crippen molar-refractivity contribution in [3.8, 4) is 0 Å². The maximum Gasteiger partial charge on any atom is 0.191 e. The standard InChI is InChI=1S/C15H26N4O.HI/c1-5-8-9-10-17-15(16-4)18-11-12-13(6-2)19-20-14(12)7-3;/h5,8H,6-7,9-11H2,1-4H3,(H2,16,17,18);1H/b8-5+;. The van der Waals surface area contributed by atoms with Gasteiger partial charge in [-0.05, 0) is 19.8 Å². The summed E-state index contributed by atoms with van der Waals surface area (Å²) in [6.45, 7) is 7.75. The van der Waals surface area contributed by atoms with E-state index in [-0.39, 0.29) is 24.0 Å². The summed E-state index contributed by atoms with van der Waals surface area (Å²) >= 11 is 0. The lowest BCUT2D eigenvalue weighted by atomic mass is 10.1. The molecule has 1 aromatic heterocycles. The van der Waals surface area contributed by atoms with Crippen molar-refractivity contribution in [2.75, 3.05) is 13.6 Å². The molecule has 0 unspecified atom stereocenters. The van der Waals surface area contributed by atoms with Gasteiger partial charge in [-0.25, -0.2) is 0 Å². The Bertz CT molecular complexity index is 433. The molecule has 5 nitrogen and oxygen atoms in total. The predicted molar refractivity (Wildman–Crippen MR) is 98.3 cm³/mol. The van der Waals surface area contributed by atoms with E-state index in [0.717, 1.165) is 48.8 Å². The van der Waals surface area contributed by atoms with E-state index in [9.17, 15) is 0 Å². The average molecular weight is 406 g/mol. The third-order valence-corrected chi connectivity index (χ3v) is 3.10. The van der Waals surface area contributed by atoms with Crippen molar-refractivity contribution in [3.05, 3.63) is 29.2 Å². The molecule has 0 saturated carbocycles. The van der Waals surface area contributed by atoms with E-state index in [1.807, 2.05) is 6.92 Å². The number of halogens is 1. The zero-order valence-corrected chi connectivity index (χ0v) is 15.7. The molecule has 0 amide bonds. The first kappa shape index (κ1) is 19.9. The van der Waals surface area contributed by atoms with E-state index in [2.05, 4.69) is 46.8 Å². The number of aryl methyl sites for hydroxylation is 2. The van der Waals surface area contributed by atoms with Gasteiger partial charge in [0.2, 0.25) is 0 Å². The molecule has 1 rings (SSSR count). The summed E-state index contributed by atoms with van der Waals surface area (Å²) in [6, 6.07) is 0. The van der Waals surface area contributed by atoms with Crippen molar-refractivity contribution in [1.82, 2.24) is 15.8 Å². The molecule has 1 heterocycles. The summed E-state index contributed by atoms with van der Waals surface area (Å²) in [7, 11) is 1.78. The predicted octanol–water partition coefficient (Wildman–Crippen LogP) is 3.05. The van der Waals surface area contributed by atoms with Crippen LogP contribution in [0.4, 0.5) is 0 Å². The van der Waals surface area contributed by atoms with E-state index in [4.69, 9.17) is 4.52 Å². The van der Waals surface area contributed by atoms with Gasteiger partial charge in [-0.15, -0.1) is 24.0 Å². The van der Waals surface area contributed by atoms with Crippen molar-refractivity contribution in [2.24, 2.45) is 4.99 Å². The van der Waals surface area contributed by atoms with Crippen LogP contribution in [0.2, 0.25) is 0 Å². The Kier molecular flexibility index (Phi) is 11.0. The minimum Gasteiger partial charge on any atom is -0.361 e. The molecule has 0 aliphatic heterocycles. The molecule has 21 heavy (non-hydrogen) atoms. The van der Waals surface area contributed by atoms with Crippen LogP contribution in [0.1, 0.15) is 44.2 Å². The van der Waals surface area contributed by atoms with E-state index in [1.165, 1.54) is 0 Å². The number of nitrogens with one attached hydrogen (secondary N) is 2. The van der Waals surface area contributed by atoms with Crippen LogP contribution in [0.5, 0.6) is 0 Å². The highest BCUT2D eigenvalue weighted by Crippen LogP contribution is 2.15. The van der Waals surface area contributed by atoms with Gasteiger partial charge in [0.1, 0.15) is 5.76 Å². The molecule has 0 aromatic carbocycles. The number of hydrogen-bond donors (Lipinski definition) is 2. The molecule has 120 valence electrons.